The summed E-state index contributed by atoms with van der Waals surface area (Å²) in [6.45, 7) is 3.16. The third-order valence-corrected chi connectivity index (χ3v) is 4.15. The average molecular weight is 263 g/mol. The summed E-state index contributed by atoms with van der Waals surface area (Å²) in [5, 5.41) is 12.9. The molecule has 2 N–H and O–H groups in total. The molecule has 3 rings (SSSR count). The molecule has 1 aromatic rings. The maximum absolute atomic E-state index is 12.5. The Bertz CT molecular complexity index is 451. The fourth-order valence-electron chi connectivity index (χ4n) is 3.07. The number of amides is 1. The number of carbonyl (C=O) groups is 1. The van der Waals surface area contributed by atoms with Crippen molar-refractivity contribution in [3.63, 3.8) is 0 Å². The van der Waals surface area contributed by atoms with E-state index >= 15 is 0 Å². The minimum Gasteiger partial charge on any atom is -0.391 e. The highest BCUT2D eigenvalue weighted by Crippen LogP contribution is 2.23. The molecule has 19 heavy (non-hydrogen) atoms. The monoisotopic (exact) mass is 263 g/mol. The van der Waals surface area contributed by atoms with E-state index in [1.807, 2.05) is 18.3 Å². The number of carbonyl (C=O) groups excluding carboxylic acids is 1. The van der Waals surface area contributed by atoms with Crippen molar-refractivity contribution in [3.8, 4) is 0 Å². The van der Waals surface area contributed by atoms with Gasteiger partial charge in [-0.25, -0.2) is 0 Å². The topological polar surface area (TPSA) is 57.5 Å². The van der Waals surface area contributed by atoms with Gasteiger partial charge in [-0.1, -0.05) is 0 Å². The summed E-state index contributed by atoms with van der Waals surface area (Å²) in [5.74, 6) is 0.0556. The predicted octanol–water partition coefficient (Wildman–Crippen LogP) is 0.619. The van der Waals surface area contributed by atoms with Gasteiger partial charge in [0.25, 0.3) is 5.91 Å². The minimum atomic E-state index is -0.355. The zero-order chi connectivity index (χ0) is 13.2. The maximum Gasteiger partial charge on any atom is 0.270 e. The molecule has 3 heterocycles. The Balaban J connectivity index is 1.77. The number of β-amino-alcohol motifs (C(OH)–C–C–N with tert-alkyl or cyclic N) is 1. The molecule has 0 radical (unpaired) electrons. The molecule has 5 nitrogen and oxygen atoms in total. The van der Waals surface area contributed by atoms with Gasteiger partial charge in [0.2, 0.25) is 0 Å². The number of aromatic nitrogens is 1. The molecule has 2 fully saturated rings. The molecule has 0 aromatic carbocycles. The van der Waals surface area contributed by atoms with Crippen molar-refractivity contribution >= 4 is 5.91 Å². The van der Waals surface area contributed by atoms with E-state index in [1.165, 1.54) is 0 Å². The van der Waals surface area contributed by atoms with Crippen LogP contribution >= 0.6 is 0 Å². The van der Waals surface area contributed by atoms with E-state index in [2.05, 4.69) is 9.88 Å². The highest BCUT2D eigenvalue weighted by molar-refractivity contribution is 5.93. The Labute approximate surface area is 113 Å². The molecule has 104 valence electrons. The van der Waals surface area contributed by atoms with E-state index in [0.717, 1.165) is 31.6 Å². The van der Waals surface area contributed by atoms with Gasteiger partial charge in [-0.3, -0.25) is 4.79 Å². The van der Waals surface area contributed by atoms with Crippen LogP contribution in [0.1, 0.15) is 35.8 Å². The highest BCUT2D eigenvalue weighted by Gasteiger charge is 2.28. The quantitative estimate of drug-likeness (QED) is 0.822. The number of rotatable bonds is 2. The van der Waals surface area contributed by atoms with Crippen molar-refractivity contribution in [2.75, 3.05) is 26.2 Å². The number of likely N-dealkylation sites (tertiary alicyclic amines) is 1. The van der Waals surface area contributed by atoms with E-state index in [0.29, 0.717) is 25.6 Å². The third-order valence-electron chi connectivity index (χ3n) is 4.15. The van der Waals surface area contributed by atoms with E-state index in [1.54, 1.807) is 4.90 Å². The summed E-state index contributed by atoms with van der Waals surface area (Å²) in [7, 11) is 0. The van der Waals surface area contributed by atoms with Crippen LogP contribution in [0.15, 0.2) is 18.3 Å². The van der Waals surface area contributed by atoms with Crippen LogP contribution in [0.4, 0.5) is 0 Å². The first-order valence-electron chi connectivity index (χ1n) is 7.10. The average Bonchev–Trinajstić information content (AvgIpc) is 3.07. The Kier molecular flexibility index (Phi) is 3.57. The van der Waals surface area contributed by atoms with Gasteiger partial charge in [0, 0.05) is 25.3 Å². The normalized spacial score (nSPS) is 24.9. The molecule has 0 saturated carbocycles. The first-order chi connectivity index (χ1) is 9.25. The summed E-state index contributed by atoms with van der Waals surface area (Å²) in [6, 6.07) is 4.26. The van der Waals surface area contributed by atoms with Crippen molar-refractivity contribution < 1.29 is 9.90 Å². The van der Waals surface area contributed by atoms with Crippen molar-refractivity contribution in [3.05, 3.63) is 24.0 Å². The van der Waals surface area contributed by atoms with Crippen molar-refractivity contribution in [2.45, 2.75) is 31.4 Å². The Morgan fingerprint density at radius 1 is 1.32 bits per heavy atom. The van der Waals surface area contributed by atoms with Crippen LogP contribution in [0.2, 0.25) is 0 Å². The molecular formula is C14H21N3O2. The number of aliphatic hydroxyl groups is 1. The fourth-order valence-corrected chi connectivity index (χ4v) is 3.07. The predicted molar refractivity (Wildman–Crippen MR) is 72.1 cm³/mol. The van der Waals surface area contributed by atoms with E-state index in [4.69, 9.17) is 0 Å². The molecule has 0 bridgehead atoms. The van der Waals surface area contributed by atoms with Crippen LogP contribution in [-0.2, 0) is 0 Å². The van der Waals surface area contributed by atoms with Crippen LogP contribution in [0.5, 0.6) is 0 Å². The Morgan fingerprint density at radius 3 is 2.79 bits per heavy atom. The molecular weight excluding hydrogens is 242 g/mol. The summed E-state index contributed by atoms with van der Waals surface area (Å²) in [6.07, 6.45) is 4.48. The zero-order valence-electron chi connectivity index (χ0n) is 11.1. The van der Waals surface area contributed by atoms with Gasteiger partial charge in [0.05, 0.1) is 6.10 Å². The Hall–Kier alpha value is -1.33. The fraction of sp³-hybridized carbons (Fsp3) is 0.643. The first-order valence-corrected chi connectivity index (χ1v) is 7.10. The van der Waals surface area contributed by atoms with Gasteiger partial charge in [-0.15, -0.1) is 0 Å². The van der Waals surface area contributed by atoms with Crippen LogP contribution in [-0.4, -0.2) is 52.8 Å². The van der Waals surface area contributed by atoms with E-state index < -0.39 is 0 Å². The second-order valence-corrected chi connectivity index (χ2v) is 5.48. The molecule has 2 aliphatic rings. The molecule has 0 spiro atoms. The molecule has 1 aromatic heterocycles. The maximum atomic E-state index is 12.5. The van der Waals surface area contributed by atoms with Gasteiger partial charge < -0.3 is 19.9 Å². The van der Waals surface area contributed by atoms with Gasteiger partial charge in [-0.2, -0.15) is 0 Å². The van der Waals surface area contributed by atoms with Gasteiger partial charge >= 0.3 is 0 Å². The van der Waals surface area contributed by atoms with Crippen LogP contribution < -0.4 is 5.32 Å². The number of hydrogen-bond acceptors (Lipinski definition) is 3. The van der Waals surface area contributed by atoms with Gasteiger partial charge in [0.15, 0.2) is 0 Å². The van der Waals surface area contributed by atoms with E-state index in [9.17, 15) is 9.90 Å². The minimum absolute atomic E-state index is 0.0556. The van der Waals surface area contributed by atoms with E-state index in [-0.39, 0.29) is 12.0 Å². The number of aliphatic hydroxyl groups excluding tert-OH is 1. The van der Waals surface area contributed by atoms with Gasteiger partial charge in [0.1, 0.15) is 5.69 Å². The lowest BCUT2D eigenvalue weighted by Gasteiger charge is -2.27. The summed E-state index contributed by atoms with van der Waals surface area (Å²) in [5.41, 5.74) is 0.765. The largest absolute Gasteiger partial charge is 0.391 e. The molecule has 5 heteroatoms. The van der Waals surface area contributed by atoms with Gasteiger partial charge in [-0.05, 0) is 44.5 Å². The lowest BCUT2D eigenvalue weighted by atomic mass is 10.1. The smallest absolute Gasteiger partial charge is 0.270 e. The summed E-state index contributed by atoms with van der Waals surface area (Å²) in [4.78, 5) is 14.3. The lowest BCUT2D eigenvalue weighted by molar-refractivity contribution is 0.0750. The molecule has 0 unspecified atom stereocenters. The van der Waals surface area contributed by atoms with Crippen molar-refractivity contribution in [2.24, 2.45) is 0 Å². The summed E-state index contributed by atoms with van der Waals surface area (Å²) >= 11 is 0. The number of nitrogens with zero attached hydrogens (tertiary/aromatic N) is 2. The number of hydrogen-bond donors (Lipinski definition) is 2. The van der Waals surface area contributed by atoms with Crippen LogP contribution in [0.25, 0.3) is 0 Å². The molecule has 1 amide bonds. The Morgan fingerprint density at radius 2 is 2.11 bits per heavy atom. The zero-order valence-corrected chi connectivity index (χ0v) is 11.1. The van der Waals surface area contributed by atoms with Crippen LogP contribution in [0, 0.1) is 0 Å². The summed E-state index contributed by atoms with van der Waals surface area (Å²) < 4.78 is 2.12. The van der Waals surface area contributed by atoms with Crippen molar-refractivity contribution in [1.29, 1.82) is 0 Å². The second-order valence-electron chi connectivity index (χ2n) is 5.48. The molecule has 2 aliphatic heterocycles. The van der Waals surface area contributed by atoms with Crippen molar-refractivity contribution in [1.82, 2.24) is 14.8 Å². The van der Waals surface area contributed by atoms with Crippen LogP contribution in [0.3, 0.4) is 0 Å². The molecule has 1 atom stereocenters. The highest BCUT2D eigenvalue weighted by atomic mass is 16.3. The third kappa shape index (κ3) is 2.53. The first kappa shape index (κ1) is 12.7. The molecule has 2 saturated heterocycles. The molecule has 0 aliphatic carbocycles. The number of piperidine rings is 1. The second kappa shape index (κ2) is 5.35. The SMILES string of the molecule is O=C(c1cccn1C1CCNCC1)N1CC[C@H](O)C1. The standard InChI is InChI=1S/C14H21N3O2/c18-12-5-9-16(10-12)14(19)13-2-1-8-17(13)11-3-6-15-7-4-11/h1-2,8,11-12,15,18H,3-7,9-10H2/t12-/m0/s1. The lowest BCUT2D eigenvalue weighted by Crippen LogP contribution is -2.34. The number of nitrogens with one attached hydrogen (secondary N) is 1.